The molecule has 0 spiro atoms. The third-order valence-corrected chi connectivity index (χ3v) is 3.69. The number of amides is 1. The van der Waals surface area contributed by atoms with E-state index in [2.05, 4.69) is 10.1 Å². The predicted molar refractivity (Wildman–Crippen MR) is 66.6 cm³/mol. The van der Waals surface area contributed by atoms with Crippen LogP contribution in [0, 0.1) is 18.8 Å². The third-order valence-electron chi connectivity index (χ3n) is 3.69. The molecule has 6 heteroatoms. The molecule has 2 fully saturated rings. The Hall–Kier alpha value is -1.59. The van der Waals surface area contributed by atoms with Crippen LogP contribution in [-0.2, 0) is 4.74 Å². The Labute approximate surface area is 112 Å². The highest BCUT2D eigenvalue weighted by molar-refractivity contribution is 5.69. The van der Waals surface area contributed by atoms with Crippen molar-refractivity contribution in [2.45, 2.75) is 39.2 Å². The number of carbonyl (C=O) groups excluding carboxylic acids is 1. The van der Waals surface area contributed by atoms with Crippen molar-refractivity contribution in [3.63, 3.8) is 0 Å². The Balaban J connectivity index is 1.57. The summed E-state index contributed by atoms with van der Waals surface area (Å²) in [4.78, 5) is 18.0. The van der Waals surface area contributed by atoms with Crippen molar-refractivity contribution in [1.29, 1.82) is 0 Å². The lowest BCUT2D eigenvalue weighted by Gasteiger charge is -2.25. The van der Waals surface area contributed by atoms with Gasteiger partial charge < -0.3 is 14.2 Å². The lowest BCUT2D eigenvalue weighted by molar-refractivity contribution is 0.0270. The van der Waals surface area contributed by atoms with Crippen molar-refractivity contribution in [3.8, 4) is 0 Å². The van der Waals surface area contributed by atoms with E-state index < -0.39 is 5.60 Å². The minimum absolute atomic E-state index is 0.220. The first-order chi connectivity index (χ1) is 8.85. The van der Waals surface area contributed by atoms with Crippen LogP contribution >= 0.6 is 0 Å². The van der Waals surface area contributed by atoms with Crippen molar-refractivity contribution in [2.24, 2.45) is 11.8 Å². The van der Waals surface area contributed by atoms with E-state index in [0.29, 0.717) is 23.6 Å². The summed E-state index contributed by atoms with van der Waals surface area (Å²) in [5.41, 5.74) is -0.436. The van der Waals surface area contributed by atoms with Crippen LogP contribution in [0.25, 0.3) is 0 Å². The van der Waals surface area contributed by atoms with Crippen LogP contribution in [0.15, 0.2) is 4.52 Å². The van der Waals surface area contributed by atoms with Gasteiger partial charge in [0.2, 0.25) is 5.89 Å². The number of nitrogens with zero attached hydrogens (tertiary/aromatic N) is 3. The summed E-state index contributed by atoms with van der Waals surface area (Å²) in [6, 6.07) is 0. The van der Waals surface area contributed by atoms with Crippen LogP contribution in [0.2, 0.25) is 0 Å². The molecule has 1 saturated heterocycles. The second-order valence-electron chi connectivity index (χ2n) is 6.41. The van der Waals surface area contributed by atoms with Crippen LogP contribution in [0.4, 0.5) is 4.79 Å². The van der Waals surface area contributed by atoms with Gasteiger partial charge >= 0.3 is 6.09 Å². The van der Waals surface area contributed by atoms with E-state index in [1.807, 2.05) is 20.8 Å². The first-order valence-electron chi connectivity index (χ1n) is 6.63. The summed E-state index contributed by atoms with van der Waals surface area (Å²) >= 11 is 0. The maximum Gasteiger partial charge on any atom is 0.410 e. The lowest BCUT2D eigenvalue weighted by Crippen LogP contribution is -2.36. The molecule has 19 heavy (non-hydrogen) atoms. The zero-order valence-corrected chi connectivity index (χ0v) is 11.7. The molecule has 0 radical (unpaired) electrons. The van der Waals surface area contributed by atoms with E-state index in [1.54, 1.807) is 11.8 Å². The van der Waals surface area contributed by atoms with Gasteiger partial charge in [-0.25, -0.2) is 4.79 Å². The minimum atomic E-state index is -0.436. The zero-order valence-electron chi connectivity index (χ0n) is 11.7. The molecule has 0 bridgehead atoms. The van der Waals surface area contributed by atoms with Gasteiger partial charge in [0, 0.05) is 25.9 Å². The molecule has 1 aromatic rings. The van der Waals surface area contributed by atoms with E-state index in [4.69, 9.17) is 9.26 Å². The van der Waals surface area contributed by atoms with Crippen LogP contribution in [0.1, 0.15) is 38.4 Å². The summed E-state index contributed by atoms with van der Waals surface area (Å²) in [6.45, 7) is 8.91. The van der Waals surface area contributed by atoms with Gasteiger partial charge in [-0.15, -0.1) is 0 Å². The molecule has 2 heterocycles. The lowest BCUT2D eigenvalue weighted by atomic mass is 10.2. The summed E-state index contributed by atoms with van der Waals surface area (Å²) < 4.78 is 10.4. The van der Waals surface area contributed by atoms with Gasteiger partial charge in [0.25, 0.3) is 0 Å². The molecule has 1 aliphatic carbocycles. The van der Waals surface area contributed by atoms with Crippen molar-refractivity contribution in [2.75, 3.05) is 13.1 Å². The Morgan fingerprint density at radius 1 is 1.37 bits per heavy atom. The highest BCUT2D eigenvalue weighted by Gasteiger charge is 2.59. The summed E-state index contributed by atoms with van der Waals surface area (Å²) in [5.74, 6) is 2.67. The topological polar surface area (TPSA) is 68.5 Å². The molecule has 1 aliphatic heterocycles. The van der Waals surface area contributed by atoms with E-state index in [0.717, 1.165) is 18.9 Å². The number of piperidine rings is 1. The average Bonchev–Trinajstić information content (AvgIpc) is 2.67. The number of hydrogen-bond acceptors (Lipinski definition) is 5. The van der Waals surface area contributed by atoms with Crippen LogP contribution in [-0.4, -0.2) is 39.8 Å². The van der Waals surface area contributed by atoms with Gasteiger partial charge in [0.1, 0.15) is 5.60 Å². The Morgan fingerprint density at radius 2 is 2.00 bits per heavy atom. The standard InChI is InChI=1S/C13H19N3O3/c1-7-14-11(15-19-7)10-8-5-16(6-9(8)10)12(17)18-13(2,3)4/h8-10H,5-6H2,1-4H3/t8-,9+,10?. The van der Waals surface area contributed by atoms with E-state index in [1.165, 1.54) is 0 Å². The smallest absolute Gasteiger partial charge is 0.410 e. The Morgan fingerprint density at radius 3 is 2.47 bits per heavy atom. The minimum Gasteiger partial charge on any atom is -0.444 e. The molecule has 6 nitrogen and oxygen atoms in total. The van der Waals surface area contributed by atoms with Crippen LogP contribution in [0.5, 0.6) is 0 Å². The fourth-order valence-corrected chi connectivity index (χ4v) is 2.84. The van der Waals surface area contributed by atoms with Crippen LogP contribution < -0.4 is 0 Å². The van der Waals surface area contributed by atoms with Crippen LogP contribution in [0.3, 0.4) is 0 Å². The quantitative estimate of drug-likeness (QED) is 0.776. The number of rotatable bonds is 1. The predicted octanol–water partition coefficient (Wildman–Crippen LogP) is 1.96. The summed E-state index contributed by atoms with van der Waals surface area (Å²) in [6.07, 6.45) is -0.220. The number of carbonyl (C=O) groups is 1. The molecule has 0 N–H and O–H groups in total. The molecule has 3 atom stereocenters. The maximum atomic E-state index is 11.9. The highest BCUT2D eigenvalue weighted by atomic mass is 16.6. The molecule has 1 amide bonds. The molecule has 1 unspecified atom stereocenters. The Kier molecular flexibility index (Phi) is 2.59. The second kappa shape index (κ2) is 3.95. The van der Waals surface area contributed by atoms with Crippen molar-refractivity contribution < 1.29 is 14.1 Å². The maximum absolute atomic E-state index is 11.9. The van der Waals surface area contributed by atoms with Gasteiger partial charge in [0.15, 0.2) is 5.82 Å². The first kappa shape index (κ1) is 12.4. The third kappa shape index (κ3) is 2.31. The van der Waals surface area contributed by atoms with Crippen molar-refractivity contribution in [3.05, 3.63) is 11.7 Å². The average molecular weight is 265 g/mol. The van der Waals surface area contributed by atoms with Gasteiger partial charge in [-0.05, 0) is 32.6 Å². The largest absolute Gasteiger partial charge is 0.444 e. The van der Waals surface area contributed by atoms with Gasteiger partial charge in [-0.3, -0.25) is 0 Å². The number of aryl methyl sites for hydroxylation is 1. The molecular formula is C13H19N3O3. The molecular weight excluding hydrogens is 246 g/mol. The SMILES string of the molecule is Cc1nc(C2[C@H]3CN(C(=O)OC(C)(C)C)C[C@@H]23)no1. The van der Waals surface area contributed by atoms with Gasteiger partial charge in [-0.1, -0.05) is 5.16 Å². The second-order valence-corrected chi connectivity index (χ2v) is 6.41. The van der Waals surface area contributed by atoms with Crippen molar-refractivity contribution >= 4 is 6.09 Å². The molecule has 0 aromatic carbocycles. The molecule has 2 aliphatic rings. The first-order valence-corrected chi connectivity index (χ1v) is 6.63. The molecule has 1 aromatic heterocycles. The van der Waals surface area contributed by atoms with Gasteiger partial charge in [-0.2, -0.15) is 4.98 Å². The molecule has 3 rings (SSSR count). The van der Waals surface area contributed by atoms with E-state index in [-0.39, 0.29) is 6.09 Å². The normalized spacial score (nSPS) is 29.3. The zero-order chi connectivity index (χ0) is 13.8. The highest BCUT2D eigenvalue weighted by Crippen LogP contribution is 2.57. The number of likely N-dealkylation sites (tertiary alicyclic amines) is 1. The fraction of sp³-hybridized carbons (Fsp3) is 0.769. The van der Waals surface area contributed by atoms with Crippen molar-refractivity contribution in [1.82, 2.24) is 15.0 Å². The van der Waals surface area contributed by atoms with E-state index >= 15 is 0 Å². The molecule has 104 valence electrons. The monoisotopic (exact) mass is 265 g/mol. The molecule has 1 saturated carbocycles. The van der Waals surface area contributed by atoms with Gasteiger partial charge in [0.05, 0.1) is 0 Å². The number of hydrogen-bond donors (Lipinski definition) is 0. The number of aromatic nitrogens is 2. The fourth-order valence-electron chi connectivity index (χ4n) is 2.84. The Bertz CT molecular complexity index is 493. The van der Waals surface area contributed by atoms with E-state index in [9.17, 15) is 4.79 Å². The summed E-state index contributed by atoms with van der Waals surface area (Å²) in [7, 11) is 0. The number of fused-ring (bicyclic) bond motifs is 1. The summed E-state index contributed by atoms with van der Waals surface area (Å²) in [5, 5.41) is 3.97. The number of ether oxygens (including phenoxy) is 1.